The largest absolute Gasteiger partial charge is 0.493 e. The van der Waals surface area contributed by atoms with Crippen molar-refractivity contribution in [2.45, 2.75) is 31.7 Å². The summed E-state index contributed by atoms with van der Waals surface area (Å²) in [5.41, 5.74) is 1.45. The van der Waals surface area contributed by atoms with Gasteiger partial charge in [0.05, 0.1) is 12.2 Å². The first-order valence-corrected chi connectivity index (χ1v) is 10.5. The molecule has 1 aromatic heterocycles. The lowest BCUT2D eigenvalue weighted by Crippen LogP contribution is -2.41. The Kier molecular flexibility index (Phi) is 5.43. The molecule has 6 heteroatoms. The number of hydrogen-bond acceptors (Lipinski definition) is 4. The molecule has 4 rings (SSSR count). The molecule has 0 bridgehead atoms. The van der Waals surface area contributed by atoms with Crippen molar-refractivity contribution in [2.75, 3.05) is 19.7 Å². The van der Waals surface area contributed by atoms with Crippen LogP contribution in [0, 0.1) is 5.92 Å². The van der Waals surface area contributed by atoms with E-state index in [2.05, 4.69) is 5.32 Å². The average Bonchev–Trinajstić information content (AvgIpc) is 3.35. The molecule has 27 heavy (non-hydrogen) atoms. The van der Waals surface area contributed by atoms with Gasteiger partial charge in [0.1, 0.15) is 5.75 Å². The van der Waals surface area contributed by atoms with Crippen LogP contribution in [0.5, 0.6) is 5.75 Å². The molecule has 1 unspecified atom stereocenters. The van der Waals surface area contributed by atoms with Crippen LogP contribution in [-0.2, 0) is 0 Å². The maximum atomic E-state index is 12.5. The van der Waals surface area contributed by atoms with Gasteiger partial charge in [-0.2, -0.15) is 11.3 Å². The third kappa shape index (κ3) is 4.69. The molecule has 5 nitrogen and oxygen atoms in total. The van der Waals surface area contributed by atoms with E-state index in [0.29, 0.717) is 24.1 Å². The lowest BCUT2D eigenvalue weighted by Gasteiger charge is -2.32. The zero-order valence-electron chi connectivity index (χ0n) is 15.2. The number of benzene rings is 1. The molecule has 1 N–H and O–H groups in total. The molecule has 2 aromatic rings. The minimum Gasteiger partial charge on any atom is -0.493 e. The standard InChI is InChI=1S/C21H24N2O3S/c24-20(22-18-5-6-18)16-3-7-19(8-4-16)26-13-15-2-1-10-23(12-15)21(25)17-9-11-27-14-17/h3-4,7-9,11,14-15,18H,1-2,5-6,10,12-13H2,(H,22,24). The van der Waals surface area contributed by atoms with E-state index in [1.165, 1.54) is 0 Å². The van der Waals surface area contributed by atoms with E-state index >= 15 is 0 Å². The molecular weight excluding hydrogens is 360 g/mol. The maximum Gasteiger partial charge on any atom is 0.254 e. The Morgan fingerprint density at radius 2 is 1.93 bits per heavy atom. The summed E-state index contributed by atoms with van der Waals surface area (Å²) < 4.78 is 5.92. The van der Waals surface area contributed by atoms with Gasteiger partial charge in [0, 0.05) is 36.0 Å². The Labute approximate surface area is 163 Å². The van der Waals surface area contributed by atoms with Crippen LogP contribution in [0.2, 0.25) is 0 Å². The van der Waals surface area contributed by atoms with Crippen LogP contribution >= 0.6 is 11.3 Å². The summed E-state index contributed by atoms with van der Waals surface area (Å²) >= 11 is 1.55. The maximum absolute atomic E-state index is 12.5. The number of hydrogen-bond donors (Lipinski definition) is 1. The van der Waals surface area contributed by atoms with Crippen LogP contribution in [0.4, 0.5) is 0 Å². The monoisotopic (exact) mass is 384 g/mol. The summed E-state index contributed by atoms with van der Waals surface area (Å²) in [6, 6.07) is 9.55. The molecule has 1 aromatic carbocycles. The van der Waals surface area contributed by atoms with Crippen LogP contribution in [0.1, 0.15) is 46.4 Å². The number of thiophene rings is 1. The van der Waals surface area contributed by atoms with Crippen molar-refractivity contribution in [2.24, 2.45) is 5.92 Å². The quantitative estimate of drug-likeness (QED) is 0.828. The first-order valence-electron chi connectivity index (χ1n) is 9.54. The molecule has 1 atom stereocenters. The fourth-order valence-corrected chi connectivity index (χ4v) is 4.00. The highest BCUT2D eigenvalue weighted by molar-refractivity contribution is 7.08. The Balaban J connectivity index is 1.27. The van der Waals surface area contributed by atoms with E-state index < -0.39 is 0 Å². The van der Waals surface area contributed by atoms with Crippen molar-refractivity contribution in [3.8, 4) is 5.75 Å². The highest BCUT2D eigenvalue weighted by Crippen LogP contribution is 2.22. The molecule has 2 amide bonds. The molecule has 142 valence electrons. The minimum absolute atomic E-state index is 0.0149. The SMILES string of the molecule is O=C(NC1CC1)c1ccc(OCC2CCCN(C(=O)c3ccsc3)C2)cc1. The number of carbonyl (C=O) groups excluding carboxylic acids is 2. The Morgan fingerprint density at radius 1 is 1.11 bits per heavy atom. The van der Waals surface area contributed by atoms with Crippen LogP contribution in [0.25, 0.3) is 0 Å². The number of nitrogens with one attached hydrogen (secondary N) is 1. The number of carbonyl (C=O) groups is 2. The van der Waals surface area contributed by atoms with Gasteiger partial charge in [-0.25, -0.2) is 0 Å². The molecule has 2 aliphatic rings. The van der Waals surface area contributed by atoms with Crippen molar-refractivity contribution < 1.29 is 14.3 Å². The normalized spacial score (nSPS) is 19.6. The summed E-state index contributed by atoms with van der Waals surface area (Å²) in [6.45, 7) is 2.13. The van der Waals surface area contributed by atoms with Gasteiger partial charge in [0.15, 0.2) is 0 Å². The highest BCUT2D eigenvalue weighted by atomic mass is 32.1. The second-order valence-electron chi connectivity index (χ2n) is 7.35. The van der Waals surface area contributed by atoms with Crippen LogP contribution in [0.3, 0.4) is 0 Å². The van der Waals surface area contributed by atoms with Crippen molar-refractivity contribution >= 4 is 23.2 Å². The average molecular weight is 385 g/mol. The smallest absolute Gasteiger partial charge is 0.254 e. The molecule has 1 aliphatic heterocycles. The number of amides is 2. The molecule has 0 radical (unpaired) electrons. The Bertz CT molecular complexity index is 784. The van der Waals surface area contributed by atoms with Gasteiger partial charge in [-0.05, 0) is 61.4 Å². The molecular formula is C21H24N2O3S. The van der Waals surface area contributed by atoms with Crippen molar-refractivity contribution in [3.63, 3.8) is 0 Å². The summed E-state index contributed by atoms with van der Waals surface area (Å²) in [7, 11) is 0. The third-order valence-corrected chi connectivity index (χ3v) is 5.77. The summed E-state index contributed by atoms with van der Waals surface area (Å²) in [6.07, 6.45) is 4.24. The summed E-state index contributed by atoms with van der Waals surface area (Å²) in [4.78, 5) is 26.5. The lowest BCUT2D eigenvalue weighted by molar-refractivity contribution is 0.0634. The van der Waals surface area contributed by atoms with Gasteiger partial charge in [0.25, 0.3) is 11.8 Å². The topological polar surface area (TPSA) is 58.6 Å². The Hall–Kier alpha value is -2.34. The van der Waals surface area contributed by atoms with Crippen molar-refractivity contribution in [1.82, 2.24) is 10.2 Å². The van der Waals surface area contributed by atoms with Gasteiger partial charge in [-0.3, -0.25) is 9.59 Å². The van der Waals surface area contributed by atoms with Crippen LogP contribution in [0.15, 0.2) is 41.1 Å². The van der Waals surface area contributed by atoms with E-state index in [1.807, 2.05) is 33.9 Å². The predicted octanol–water partition coefficient (Wildman–Crippen LogP) is 3.57. The van der Waals surface area contributed by atoms with Gasteiger partial charge < -0.3 is 15.0 Å². The minimum atomic E-state index is -0.0149. The van der Waals surface area contributed by atoms with Crippen molar-refractivity contribution in [3.05, 3.63) is 52.2 Å². The van der Waals surface area contributed by atoms with Gasteiger partial charge in [-0.15, -0.1) is 0 Å². The third-order valence-electron chi connectivity index (χ3n) is 5.09. The summed E-state index contributed by atoms with van der Waals surface area (Å²) in [5.74, 6) is 1.20. The van der Waals surface area contributed by atoms with E-state index in [4.69, 9.17) is 4.74 Å². The summed E-state index contributed by atoms with van der Waals surface area (Å²) in [5, 5.41) is 6.83. The fraction of sp³-hybridized carbons (Fsp3) is 0.429. The number of likely N-dealkylation sites (tertiary alicyclic amines) is 1. The molecule has 1 saturated heterocycles. The first kappa shape index (κ1) is 18.0. The van der Waals surface area contributed by atoms with E-state index in [-0.39, 0.29) is 11.8 Å². The second kappa shape index (κ2) is 8.13. The van der Waals surface area contributed by atoms with E-state index in [1.54, 1.807) is 23.5 Å². The Morgan fingerprint density at radius 3 is 2.63 bits per heavy atom. The molecule has 2 heterocycles. The number of rotatable bonds is 6. The molecule has 2 fully saturated rings. The molecule has 1 saturated carbocycles. The van der Waals surface area contributed by atoms with Gasteiger partial charge in [-0.1, -0.05) is 0 Å². The zero-order valence-corrected chi connectivity index (χ0v) is 16.0. The number of nitrogens with zero attached hydrogens (tertiary/aromatic N) is 1. The number of ether oxygens (including phenoxy) is 1. The highest BCUT2D eigenvalue weighted by Gasteiger charge is 2.25. The van der Waals surface area contributed by atoms with Gasteiger partial charge in [0.2, 0.25) is 0 Å². The van der Waals surface area contributed by atoms with Gasteiger partial charge >= 0.3 is 0 Å². The first-order chi connectivity index (χ1) is 13.2. The van der Waals surface area contributed by atoms with Crippen LogP contribution in [-0.4, -0.2) is 42.5 Å². The second-order valence-corrected chi connectivity index (χ2v) is 8.13. The van der Waals surface area contributed by atoms with E-state index in [0.717, 1.165) is 50.1 Å². The number of piperidine rings is 1. The molecule has 0 spiro atoms. The van der Waals surface area contributed by atoms with E-state index in [9.17, 15) is 9.59 Å². The predicted molar refractivity (Wildman–Crippen MR) is 105 cm³/mol. The molecule has 1 aliphatic carbocycles. The zero-order chi connectivity index (χ0) is 18.6. The fourth-order valence-electron chi connectivity index (χ4n) is 3.37. The van der Waals surface area contributed by atoms with Crippen LogP contribution < -0.4 is 10.1 Å². The lowest BCUT2D eigenvalue weighted by atomic mass is 9.98. The van der Waals surface area contributed by atoms with Crippen molar-refractivity contribution in [1.29, 1.82) is 0 Å².